The minimum Gasteiger partial charge on any atom is -0.481 e. The number of carboxylic acid groups (broad SMARTS) is 1. The number of unbranched alkanes of at least 4 members (excludes halogenated alkanes) is 2. The van der Waals surface area contributed by atoms with E-state index < -0.39 is 5.97 Å². The van der Waals surface area contributed by atoms with Gasteiger partial charge in [-0.15, -0.1) is 0 Å². The van der Waals surface area contributed by atoms with Gasteiger partial charge in [0.15, 0.2) is 0 Å². The predicted octanol–water partition coefficient (Wildman–Crippen LogP) is 3.44. The summed E-state index contributed by atoms with van der Waals surface area (Å²) in [6.45, 7) is 2.20. The molecule has 16 heavy (non-hydrogen) atoms. The molecule has 1 N–H and O–H groups in total. The molecule has 0 aliphatic heterocycles. The number of rotatable bonds is 7. The molecule has 1 aromatic carbocycles. The summed E-state index contributed by atoms with van der Waals surface area (Å²) in [7, 11) is 0. The molecular formula is C14H20O2. The van der Waals surface area contributed by atoms with E-state index in [2.05, 4.69) is 19.1 Å². The summed E-state index contributed by atoms with van der Waals surface area (Å²) >= 11 is 0. The molecule has 0 amide bonds. The second-order valence-corrected chi connectivity index (χ2v) is 4.17. The van der Waals surface area contributed by atoms with Crippen molar-refractivity contribution in [2.75, 3.05) is 0 Å². The van der Waals surface area contributed by atoms with E-state index in [1.807, 2.05) is 12.1 Å². The largest absolute Gasteiger partial charge is 0.481 e. The minimum atomic E-state index is -0.726. The van der Waals surface area contributed by atoms with Crippen LogP contribution < -0.4 is 0 Å². The van der Waals surface area contributed by atoms with E-state index in [1.54, 1.807) is 0 Å². The molecule has 0 saturated carbocycles. The molecule has 0 fully saturated rings. The van der Waals surface area contributed by atoms with Crippen molar-refractivity contribution >= 4 is 5.97 Å². The van der Waals surface area contributed by atoms with Gasteiger partial charge in [-0.3, -0.25) is 4.79 Å². The van der Waals surface area contributed by atoms with Crippen molar-refractivity contribution in [1.82, 2.24) is 0 Å². The molecule has 1 rings (SSSR count). The summed E-state index contributed by atoms with van der Waals surface area (Å²) in [5.41, 5.74) is 2.47. The first-order valence-corrected chi connectivity index (χ1v) is 6.02. The second-order valence-electron chi connectivity index (χ2n) is 4.17. The lowest BCUT2D eigenvalue weighted by Crippen LogP contribution is -1.98. The maximum atomic E-state index is 10.5. The monoisotopic (exact) mass is 220 g/mol. The van der Waals surface area contributed by atoms with Crippen LogP contribution in [0.3, 0.4) is 0 Å². The van der Waals surface area contributed by atoms with Crippen molar-refractivity contribution in [3.63, 3.8) is 0 Å². The van der Waals surface area contributed by atoms with E-state index in [1.165, 1.54) is 24.8 Å². The third-order valence-electron chi connectivity index (χ3n) is 2.69. The van der Waals surface area contributed by atoms with Crippen LogP contribution in [0.2, 0.25) is 0 Å². The Labute approximate surface area is 97.3 Å². The fourth-order valence-electron chi connectivity index (χ4n) is 1.77. The van der Waals surface area contributed by atoms with Gasteiger partial charge in [-0.05, 0) is 30.4 Å². The third kappa shape index (κ3) is 4.96. The summed E-state index contributed by atoms with van der Waals surface area (Å²) in [6, 6.07) is 8.29. The maximum absolute atomic E-state index is 10.5. The van der Waals surface area contributed by atoms with Crippen LogP contribution in [0.5, 0.6) is 0 Å². The Kier molecular flexibility index (Phi) is 5.62. The van der Waals surface area contributed by atoms with E-state index in [0.717, 1.165) is 12.0 Å². The van der Waals surface area contributed by atoms with Gasteiger partial charge in [0.1, 0.15) is 0 Å². The topological polar surface area (TPSA) is 37.3 Å². The number of hydrogen-bond donors (Lipinski definition) is 1. The zero-order valence-corrected chi connectivity index (χ0v) is 9.91. The highest BCUT2D eigenvalue weighted by Gasteiger charge is 2.00. The first-order chi connectivity index (χ1) is 7.72. The molecule has 1 aromatic rings. The second kappa shape index (κ2) is 7.04. The predicted molar refractivity (Wildman–Crippen MR) is 65.6 cm³/mol. The van der Waals surface area contributed by atoms with E-state index in [4.69, 9.17) is 5.11 Å². The number of benzene rings is 1. The smallest absolute Gasteiger partial charge is 0.303 e. The van der Waals surface area contributed by atoms with Crippen LogP contribution in [0.25, 0.3) is 0 Å². The average molecular weight is 220 g/mol. The van der Waals surface area contributed by atoms with Crippen LogP contribution in [0.15, 0.2) is 24.3 Å². The number of carbonyl (C=O) groups is 1. The van der Waals surface area contributed by atoms with Crippen LogP contribution in [0.1, 0.15) is 43.7 Å². The normalized spacial score (nSPS) is 10.3. The molecule has 0 aliphatic carbocycles. The highest BCUT2D eigenvalue weighted by Crippen LogP contribution is 2.11. The van der Waals surface area contributed by atoms with Gasteiger partial charge in [-0.1, -0.05) is 44.0 Å². The number of hydrogen-bond acceptors (Lipinski definition) is 1. The molecule has 0 radical (unpaired) electrons. The molecule has 0 saturated heterocycles. The number of aliphatic carboxylic acids is 1. The van der Waals surface area contributed by atoms with Crippen molar-refractivity contribution in [3.8, 4) is 0 Å². The quantitative estimate of drug-likeness (QED) is 0.715. The lowest BCUT2D eigenvalue weighted by atomic mass is 10.0. The molecule has 0 bridgehead atoms. The number of aryl methyl sites for hydroxylation is 2. The third-order valence-corrected chi connectivity index (χ3v) is 2.69. The van der Waals surface area contributed by atoms with Crippen LogP contribution in [-0.4, -0.2) is 11.1 Å². The lowest BCUT2D eigenvalue weighted by Gasteiger charge is -2.04. The van der Waals surface area contributed by atoms with Crippen LogP contribution >= 0.6 is 0 Å². The van der Waals surface area contributed by atoms with Crippen LogP contribution in [0, 0.1) is 0 Å². The maximum Gasteiger partial charge on any atom is 0.303 e. The van der Waals surface area contributed by atoms with Gasteiger partial charge < -0.3 is 5.11 Å². The first-order valence-electron chi connectivity index (χ1n) is 6.02. The van der Waals surface area contributed by atoms with E-state index in [9.17, 15) is 4.79 Å². The summed E-state index contributed by atoms with van der Waals surface area (Å²) in [5.74, 6) is -0.726. The van der Waals surface area contributed by atoms with Gasteiger partial charge in [0.25, 0.3) is 0 Å². The highest BCUT2D eigenvalue weighted by atomic mass is 16.4. The van der Waals surface area contributed by atoms with E-state index >= 15 is 0 Å². The molecule has 2 heteroatoms. The van der Waals surface area contributed by atoms with Crippen molar-refractivity contribution in [2.45, 2.75) is 45.4 Å². The molecule has 0 spiro atoms. The van der Waals surface area contributed by atoms with Crippen LogP contribution in [0.4, 0.5) is 0 Å². The zero-order valence-electron chi connectivity index (χ0n) is 9.91. The average Bonchev–Trinajstić information content (AvgIpc) is 2.27. The van der Waals surface area contributed by atoms with Crippen molar-refractivity contribution in [1.29, 1.82) is 0 Å². The van der Waals surface area contributed by atoms with Crippen molar-refractivity contribution in [2.24, 2.45) is 0 Å². The van der Waals surface area contributed by atoms with Crippen molar-refractivity contribution < 1.29 is 9.90 Å². The molecule has 2 nitrogen and oxygen atoms in total. The Balaban J connectivity index is 2.46. The van der Waals surface area contributed by atoms with Gasteiger partial charge in [0.2, 0.25) is 0 Å². The van der Waals surface area contributed by atoms with Gasteiger partial charge in [-0.2, -0.15) is 0 Å². The van der Waals surface area contributed by atoms with Gasteiger partial charge in [0.05, 0.1) is 0 Å². The summed E-state index contributed by atoms with van der Waals surface area (Å²) in [6.07, 6.45) is 5.68. The highest BCUT2D eigenvalue weighted by molar-refractivity contribution is 5.67. The molecule has 0 atom stereocenters. The Bertz CT molecular complexity index is 331. The summed E-state index contributed by atoms with van der Waals surface area (Å²) in [4.78, 5) is 10.5. The standard InChI is InChI=1S/C14H20O2/c1-2-3-4-6-12-7-5-8-13(11-12)9-10-14(15)16/h5,7-8,11H,2-4,6,9-10H2,1H3,(H,15,16). The first kappa shape index (κ1) is 12.8. The Morgan fingerprint density at radius 2 is 1.88 bits per heavy atom. The Hall–Kier alpha value is -1.31. The minimum absolute atomic E-state index is 0.221. The zero-order chi connectivity index (χ0) is 11.8. The molecular weight excluding hydrogens is 200 g/mol. The molecule has 88 valence electrons. The Morgan fingerprint density at radius 1 is 1.19 bits per heavy atom. The van der Waals surface area contributed by atoms with Gasteiger partial charge in [-0.25, -0.2) is 0 Å². The summed E-state index contributed by atoms with van der Waals surface area (Å²) in [5, 5.41) is 8.62. The number of carboxylic acids is 1. The molecule has 0 heterocycles. The fourth-order valence-corrected chi connectivity index (χ4v) is 1.77. The van der Waals surface area contributed by atoms with Gasteiger partial charge >= 0.3 is 5.97 Å². The molecule has 0 unspecified atom stereocenters. The fraction of sp³-hybridized carbons (Fsp3) is 0.500. The van der Waals surface area contributed by atoms with Gasteiger partial charge in [0, 0.05) is 6.42 Å². The Morgan fingerprint density at radius 3 is 2.50 bits per heavy atom. The van der Waals surface area contributed by atoms with E-state index in [0.29, 0.717) is 6.42 Å². The van der Waals surface area contributed by atoms with Crippen LogP contribution in [-0.2, 0) is 17.6 Å². The summed E-state index contributed by atoms with van der Waals surface area (Å²) < 4.78 is 0. The SMILES string of the molecule is CCCCCc1cccc(CCC(=O)O)c1. The molecule has 0 aliphatic rings. The molecule has 0 aromatic heterocycles. The van der Waals surface area contributed by atoms with E-state index in [-0.39, 0.29) is 6.42 Å². The lowest BCUT2D eigenvalue weighted by molar-refractivity contribution is -0.136. The van der Waals surface area contributed by atoms with Crippen molar-refractivity contribution in [3.05, 3.63) is 35.4 Å².